The van der Waals surface area contributed by atoms with Gasteiger partial charge in [0.2, 0.25) is 11.8 Å². The van der Waals surface area contributed by atoms with Crippen LogP contribution in [0.1, 0.15) is 38.5 Å². The molecule has 0 bridgehead atoms. The highest BCUT2D eigenvalue weighted by atomic mass is 16.2. The van der Waals surface area contributed by atoms with Gasteiger partial charge in [-0.25, -0.2) is 0 Å². The highest BCUT2D eigenvalue weighted by molar-refractivity contribution is 5.90. The largest absolute Gasteiger partial charge is 0.344 e. The third-order valence-electron chi connectivity index (χ3n) is 3.91. The lowest BCUT2D eigenvalue weighted by Crippen LogP contribution is -2.49. The number of carbonyl (C=O) groups excluding carboxylic acids is 2. The minimum Gasteiger partial charge on any atom is -0.344 e. The molecule has 98 valence electrons. The quantitative estimate of drug-likeness (QED) is 0.739. The summed E-state index contributed by atoms with van der Waals surface area (Å²) in [6.45, 7) is 0.745. The van der Waals surface area contributed by atoms with Crippen LogP contribution < -0.4 is 5.32 Å². The maximum atomic E-state index is 12.4. The van der Waals surface area contributed by atoms with Crippen LogP contribution in [0, 0.1) is 18.3 Å². The second-order valence-corrected chi connectivity index (χ2v) is 5.16. The molecule has 0 aromatic heterocycles. The van der Waals surface area contributed by atoms with Crippen molar-refractivity contribution in [1.82, 2.24) is 10.2 Å². The van der Waals surface area contributed by atoms with Gasteiger partial charge in [-0.05, 0) is 18.8 Å². The zero-order valence-corrected chi connectivity index (χ0v) is 10.7. The topological polar surface area (TPSA) is 49.4 Å². The van der Waals surface area contributed by atoms with Crippen molar-refractivity contribution in [2.24, 2.45) is 5.92 Å². The van der Waals surface area contributed by atoms with Crippen molar-refractivity contribution in [2.75, 3.05) is 13.1 Å². The molecule has 4 heteroatoms. The van der Waals surface area contributed by atoms with Crippen LogP contribution in [0.4, 0.5) is 0 Å². The summed E-state index contributed by atoms with van der Waals surface area (Å²) in [6.07, 6.45) is 11.2. The first-order valence-electron chi connectivity index (χ1n) is 6.74. The van der Waals surface area contributed by atoms with Crippen LogP contribution in [0.15, 0.2) is 0 Å². The number of hydrogen-bond acceptors (Lipinski definition) is 2. The van der Waals surface area contributed by atoms with E-state index in [2.05, 4.69) is 11.2 Å². The van der Waals surface area contributed by atoms with Gasteiger partial charge in [-0.15, -0.1) is 6.42 Å². The summed E-state index contributed by atoms with van der Waals surface area (Å²) in [6, 6.07) is -0.353. The molecule has 1 heterocycles. The van der Waals surface area contributed by atoms with Crippen molar-refractivity contribution in [3.05, 3.63) is 0 Å². The summed E-state index contributed by atoms with van der Waals surface area (Å²) in [5, 5.41) is 2.89. The van der Waals surface area contributed by atoms with Crippen molar-refractivity contribution in [1.29, 1.82) is 0 Å². The molecule has 1 N–H and O–H groups in total. The van der Waals surface area contributed by atoms with Gasteiger partial charge in [0.25, 0.3) is 0 Å². The molecule has 0 aromatic rings. The lowest BCUT2D eigenvalue weighted by atomic mass is 9.83. The van der Waals surface area contributed by atoms with Gasteiger partial charge in [-0.3, -0.25) is 9.59 Å². The van der Waals surface area contributed by atoms with Gasteiger partial charge < -0.3 is 10.2 Å². The van der Waals surface area contributed by atoms with Crippen molar-refractivity contribution in [3.8, 4) is 12.3 Å². The minimum atomic E-state index is -0.353. The molecule has 1 aliphatic carbocycles. The number of hydrogen-bond donors (Lipinski definition) is 1. The molecule has 1 aliphatic heterocycles. The molecule has 2 fully saturated rings. The van der Waals surface area contributed by atoms with E-state index in [-0.39, 0.29) is 23.8 Å². The predicted octanol–water partition coefficient (Wildman–Crippen LogP) is 0.917. The number of terminal acetylenes is 1. The Balaban J connectivity index is 2.11. The van der Waals surface area contributed by atoms with Crippen molar-refractivity contribution >= 4 is 11.8 Å². The van der Waals surface area contributed by atoms with Crippen LogP contribution in [-0.2, 0) is 9.59 Å². The van der Waals surface area contributed by atoms with Crippen LogP contribution in [-0.4, -0.2) is 35.8 Å². The van der Waals surface area contributed by atoms with Crippen molar-refractivity contribution in [3.63, 3.8) is 0 Å². The van der Waals surface area contributed by atoms with Crippen LogP contribution in [0.2, 0.25) is 0 Å². The number of carbonyl (C=O) groups is 2. The summed E-state index contributed by atoms with van der Waals surface area (Å²) in [4.78, 5) is 25.7. The molecule has 1 saturated carbocycles. The maximum Gasteiger partial charge on any atom is 0.246 e. The van der Waals surface area contributed by atoms with Gasteiger partial charge in [0, 0.05) is 13.0 Å². The van der Waals surface area contributed by atoms with Gasteiger partial charge in [0.05, 0.1) is 6.54 Å². The molecule has 2 rings (SSSR count). The average Bonchev–Trinajstić information content (AvgIpc) is 2.53. The van der Waals surface area contributed by atoms with E-state index in [9.17, 15) is 9.59 Å². The molecular weight excluding hydrogens is 228 g/mol. The number of nitrogens with zero attached hydrogens (tertiary/aromatic N) is 1. The number of nitrogens with one attached hydrogen (secondary N) is 1. The van der Waals surface area contributed by atoms with Gasteiger partial charge in [0.15, 0.2) is 0 Å². The van der Waals surface area contributed by atoms with E-state index < -0.39 is 0 Å². The number of rotatable bonds is 2. The lowest BCUT2D eigenvalue weighted by Gasteiger charge is -2.31. The molecule has 1 saturated heterocycles. The first-order valence-corrected chi connectivity index (χ1v) is 6.74. The Morgan fingerprint density at radius 2 is 2.00 bits per heavy atom. The van der Waals surface area contributed by atoms with Crippen LogP contribution in [0.3, 0.4) is 0 Å². The van der Waals surface area contributed by atoms with E-state index in [1.165, 1.54) is 6.42 Å². The Bertz CT molecular complexity index is 366. The summed E-state index contributed by atoms with van der Waals surface area (Å²) >= 11 is 0. The second kappa shape index (κ2) is 5.90. The Morgan fingerprint density at radius 1 is 1.28 bits per heavy atom. The Hall–Kier alpha value is -1.50. The SMILES string of the molecule is C#CCN1CCC(=O)NC(C2CCCCC2)C1=O. The van der Waals surface area contributed by atoms with Crippen LogP contribution in [0.5, 0.6) is 0 Å². The Labute approximate surface area is 108 Å². The first-order chi connectivity index (χ1) is 8.72. The predicted molar refractivity (Wildman–Crippen MR) is 68.5 cm³/mol. The smallest absolute Gasteiger partial charge is 0.246 e. The van der Waals surface area contributed by atoms with Gasteiger partial charge in [-0.1, -0.05) is 25.2 Å². The molecule has 4 nitrogen and oxygen atoms in total. The molecule has 2 aliphatic rings. The number of amides is 2. The fourth-order valence-corrected chi connectivity index (χ4v) is 2.90. The monoisotopic (exact) mass is 248 g/mol. The van der Waals surface area contributed by atoms with E-state index in [1.807, 2.05) is 0 Å². The van der Waals surface area contributed by atoms with E-state index in [0.717, 1.165) is 25.7 Å². The zero-order valence-electron chi connectivity index (χ0n) is 10.7. The van der Waals surface area contributed by atoms with Crippen molar-refractivity contribution in [2.45, 2.75) is 44.6 Å². The first kappa shape index (κ1) is 12.9. The Morgan fingerprint density at radius 3 is 2.67 bits per heavy atom. The average molecular weight is 248 g/mol. The van der Waals surface area contributed by atoms with E-state index in [0.29, 0.717) is 19.5 Å². The molecule has 18 heavy (non-hydrogen) atoms. The molecule has 1 unspecified atom stereocenters. The second-order valence-electron chi connectivity index (χ2n) is 5.16. The fraction of sp³-hybridized carbons (Fsp3) is 0.714. The third kappa shape index (κ3) is 2.84. The van der Waals surface area contributed by atoms with Gasteiger partial charge >= 0.3 is 0 Å². The summed E-state index contributed by atoms with van der Waals surface area (Å²) in [5.74, 6) is 2.76. The minimum absolute atomic E-state index is 0.00528. The Kier molecular flexibility index (Phi) is 4.24. The summed E-state index contributed by atoms with van der Waals surface area (Å²) in [5.41, 5.74) is 0. The lowest BCUT2D eigenvalue weighted by molar-refractivity contribution is -0.134. The van der Waals surface area contributed by atoms with E-state index in [1.54, 1.807) is 4.90 Å². The third-order valence-corrected chi connectivity index (χ3v) is 3.91. The molecule has 0 aromatic carbocycles. The summed E-state index contributed by atoms with van der Waals surface area (Å²) < 4.78 is 0. The highest BCUT2D eigenvalue weighted by Crippen LogP contribution is 2.28. The van der Waals surface area contributed by atoms with Crippen LogP contribution >= 0.6 is 0 Å². The molecule has 2 amide bonds. The summed E-state index contributed by atoms with van der Waals surface area (Å²) in [7, 11) is 0. The molecule has 0 spiro atoms. The van der Waals surface area contributed by atoms with Crippen molar-refractivity contribution < 1.29 is 9.59 Å². The highest BCUT2D eigenvalue weighted by Gasteiger charge is 2.35. The van der Waals surface area contributed by atoms with E-state index in [4.69, 9.17) is 6.42 Å². The van der Waals surface area contributed by atoms with E-state index >= 15 is 0 Å². The molecular formula is C14H20N2O2. The standard InChI is InChI=1S/C14H20N2O2/c1-2-9-16-10-8-12(17)15-13(14(16)18)11-6-4-3-5-7-11/h1,11,13H,3-10H2,(H,15,17). The zero-order chi connectivity index (χ0) is 13.0. The van der Waals surface area contributed by atoms with Gasteiger partial charge in [-0.2, -0.15) is 0 Å². The molecule has 0 radical (unpaired) electrons. The normalized spacial score (nSPS) is 26.4. The molecule has 1 atom stereocenters. The van der Waals surface area contributed by atoms with Gasteiger partial charge in [0.1, 0.15) is 6.04 Å². The fourth-order valence-electron chi connectivity index (χ4n) is 2.90. The maximum absolute atomic E-state index is 12.4. The van der Waals surface area contributed by atoms with Crippen LogP contribution in [0.25, 0.3) is 0 Å².